The van der Waals surface area contributed by atoms with E-state index >= 15 is 0 Å². The van der Waals surface area contributed by atoms with E-state index in [0.717, 1.165) is 17.7 Å². The fraction of sp³-hybridized carbons (Fsp3) is 0.300. The van der Waals surface area contributed by atoms with E-state index in [0.29, 0.717) is 23.7 Å². The van der Waals surface area contributed by atoms with Crippen molar-refractivity contribution in [2.45, 2.75) is 26.3 Å². The van der Waals surface area contributed by atoms with Gasteiger partial charge in [-0.15, -0.1) is 0 Å². The van der Waals surface area contributed by atoms with E-state index in [1.165, 1.54) is 0 Å². The first-order valence-electron chi connectivity index (χ1n) is 8.48. The van der Waals surface area contributed by atoms with Gasteiger partial charge in [0.05, 0.1) is 0 Å². The molecule has 0 spiro atoms. The van der Waals surface area contributed by atoms with Crippen LogP contribution in [0.5, 0.6) is 0 Å². The monoisotopic (exact) mass is 356 g/mol. The maximum atomic E-state index is 12.9. The number of nitrogens with zero attached hydrogens (tertiary/aromatic N) is 2. The van der Waals surface area contributed by atoms with Crippen molar-refractivity contribution in [2.24, 2.45) is 0 Å². The molecule has 1 fully saturated rings. The number of rotatable bonds is 3. The van der Waals surface area contributed by atoms with Crippen LogP contribution in [-0.2, 0) is 11.2 Å². The summed E-state index contributed by atoms with van der Waals surface area (Å²) in [6.07, 6.45) is 0.863. The summed E-state index contributed by atoms with van der Waals surface area (Å²) < 4.78 is 0. The molecule has 2 aromatic carbocycles. The van der Waals surface area contributed by atoms with E-state index in [9.17, 15) is 9.59 Å². The van der Waals surface area contributed by atoms with Crippen LogP contribution in [0.2, 0.25) is 5.02 Å². The Bertz CT molecular complexity index is 789. The van der Waals surface area contributed by atoms with Crippen molar-refractivity contribution < 1.29 is 9.59 Å². The Labute approximate surface area is 153 Å². The second-order valence-electron chi connectivity index (χ2n) is 6.15. The summed E-state index contributed by atoms with van der Waals surface area (Å²) in [4.78, 5) is 29.1. The van der Waals surface area contributed by atoms with Gasteiger partial charge in [0, 0.05) is 29.4 Å². The maximum absolute atomic E-state index is 12.9. The fourth-order valence-electron chi connectivity index (χ4n) is 3.22. The minimum Gasteiger partial charge on any atom is -0.325 e. The molecule has 1 saturated heterocycles. The number of carbonyl (C=O) groups excluding carboxylic acids is 2. The molecule has 2 aromatic rings. The summed E-state index contributed by atoms with van der Waals surface area (Å²) in [5, 5.41) is 0.585. The number of piperazine rings is 1. The molecule has 0 saturated carbocycles. The van der Waals surface area contributed by atoms with Crippen LogP contribution in [-0.4, -0.2) is 35.8 Å². The number of halogens is 1. The zero-order valence-corrected chi connectivity index (χ0v) is 15.2. The number of hydrogen-bond donors (Lipinski definition) is 0. The maximum Gasteiger partial charge on any atom is 0.254 e. The van der Waals surface area contributed by atoms with Crippen LogP contribution < -0.4 is 4.90 Å². The first-order chi connectivity index (χ1) is 12.0. The zero-order chi connectivity index (χ0) is 18.0. The molecular formula is C20H21ClN2O2. The predicted molar refractivity (Wildman–Crippen MR) is 100 cm³/mol. The van der Waals surface area contributed by atoms with Crippen molar-refractivity contribution in [1.82, 2.24) is 4.90 Å². The van der Waals surface area contributed by atoms with Crippen molar-refractivity contribution in [2.75, 3.05) is 18.0 Å². The number of para-hydroxylation sites is 1. The first-order valence-corrected chi connectivity index (χ1v) is 8.86. The van der Waals surface area contributed by atoms with Crippen molar-refractivity contribution >= 4 is 29.1 Å². The van der Waals surface area contributed by atoms with Gasteiger partial charge in [-0.3, -0.25) is 9.59 Å². The molecule has 5 heteroatoms. The van der Waals surface area contributed by atoms with Crippen LogP contribution in [0, 0.1) is 0 Å². The molecule has 0 N–H and O–H groups in total. The van der Waals surface area contributed by atoms with Crippen LogP contribution in [0.4, 0.5) is 5.69 Å². The topological polar surface area (TPSA) is 40.6 Å². The molecule has 0 radical (unpaired) electrons. The Kier molecular flexibility index (Phi) is 5.09. The zero-order valence-electron chi connectivity index (χ0n) is 14.4. The summed E-state index contributed by atoms with van der Waals surface area (Å²) >= 11 is 5.88. The number of aryl methyl sites for hydroxylation is 1. The SMILES string of the molecule is CCc1ccccc1N1CCN(C(=O)c2ccc(Cl)cc2)C(C)C1=O. The number of hydrogen-bond acceptors (Lipinski definition) is 2. The molecule has 1 heterocycles. The van der Waals surface area contributed by atoms with Crippen LogP contribution in [0.1, 0.15) is 29.8 Å². The third-order valence-electron chi connectivity index (χ3n) is 4.67. The lowest BCUT2D eigenvalue weighted by Crippen LogP contribution is -2.58. The van der Waals surface area contributed by atoms with E-state index in [-0.39, 0.29) is 11.8 Å². The highest BCUT2D eigenvalue weighted by Crippen LogP contribution is 2.26. The molecule has 0 aliphatic carbocycles. The molecule has 0 aromatic heterocycles. The number of anilines is 1. The summed E-state index contributed by atoms with van der Waals surface area (Å²) in [6, 6.07) is 14.2. The minimum atomic E-state index is -0.498. The second-order valence-corrected chi connectivity index (χ2v) is 6.59. The number of carbonyl (C=O) groups is 2. The molecule has 1 unspecified atom stereocenters. The van der Waals surface area contributed by atoms with Gasteiger partial charge in [-0.2, -0.15) is 0 Å². The molecule has 0 bridgehead atoms. The average Bonchev–Trinajstić information content (AvgIpc) is 2.64. The van der Waals surface area contributed by atoms with Crippen LogP contribution in [0.3, 0.4) is 0 Å². The highest BCUT2D eigenvalue weighted by atomic mass is 35.5. The van der Waals surface area contributed by atoms with Crippen molar-refractivity contribution in [3.8, 4) is 0 Å². The summed E-state index contributed by atoms with van der Waals surface area (Å²) in [5.41, 5.74) is 2.63. The van der Waals surface area contributed by atoms with E-state index in [2.05, 4.69) is 6.92 Å². The van der Waals surface area contributed by atoms with Crippen LogP contribution >= 0.6 is 11.6 Å². The third-order valence-corrected chi connectivity index (χ3v) is 4.92. The van der Waals surface area contributed by atoms with Gasteiger partial charge < -0.3 is 9.80 Å². The molecule has 130 valence electrons. The molecular weight excluding hydrogens is 336 g/mol. The normalized spacial score (nSPS) is 17.7. The summed E-state index contributed by atoms with van der Waals surface area (Å²) in [6.45, 7) is 4.87. The lowest BCUT2D eigenvalue weighted by Gasteiger charge is -2.39. The molecule has 1 atom stereocenters. The Morgan fingerprint density at radius 1 is 1.12 bits per heavy atom. The second kappa shape index (κ2) is 7.28. The quantitative estimate of drug-likeness (QED) is 0.839. The molecule has 1 aliphatic heterocycles. The van der Waals surface area contributed by atoms with Gasteiger partial charge in [-0.1, -0.05) is 36.7 Å². The van der Waals surface area contributed by atoms with Crippen molar-refractivity contribution in [1.29, 1.82) is 0 Å². The number of amides is 2. The lowest BCUT2D eigenvalue weighted by molar-refractivity contribution is -0.124. The first kappa shape index (κ1) is 17.5. The highest BCUT2D eigenvalue weighted by molar-refractivity contribution is 6.30. The molecule has 4 nitrogen and oxygen atoms in total. The summed E-state index contributed by atoms with van der Waals surface area (Å²) in [7, 11) is 0. The Balaban J connectivity index is 1.82. The minimum absolute atomic E-state index is 0.0468. The van der Waals surface area contributed by atoms with Gasteiger partial charge in [-0.05, 0) is 49.2 Å². The largest absolute Gasteiger partial charge is 0.325 e. The Hall–Kier alpha value is -2.33. The van der Waals surface area contributed by atoms with Gasteiger partial charge >= 0.3 is 0 Å². The van der Waals surface area contributed by atoms with Gasteiger partial charge in [0.2, 0.25) is 5.91 Å². The van der Waals surface area contributed by atoms with E-state index in [4.69, 9.17) is 11.6 Å². The standard InChI is InChI=1S/C20H21ClN2O2/c1-3-15-6-4-5-7-18(15)23-13-12-22(14(2)19(23)24)20(25)16-8-10-17(21)11-9-16/h4-11,14H,3,12-13H2,1-2H3. The molecule has 1 aliphatic rings. The fourth-order valence-corrected chi connectivity index (χ4v) is 3.34. The van der Waals surface area contributed by atoms with E-state index < -0.39 is 6.04 Å². The van der Waals surface area contributed by atoms with Gasteiger partial charge in [-0.25, -0.2) is 0 Å². The highest BCUT2D eigenvalue weighted by Gasteiger charge is 2.35. The third kappa shape index (κ3) is 3.40. The lowest BCUT2D eigenvalue weighted by atomic mass is 10.1. The van der Waals surface area contributed by atoms with E-state index in [1.54, 1.807) is 41.0 Å². The molecule has 2 amide bonds. The van der Waals surface area contributed by atoms with Gasteiger partial charge in [0.25, 0.3) is 5.91 Å². The Morgan fingerprint density at radius 3 is 2.48 bits per heavy atom. The average molecular weight is 357 g/mol. The van der Waals surface area contributed by atoms with Gasteiger partial charge in [0.15, 0.2) is 0 Å². The molecule has 3 rings (SSSR count). The number of benzene rings is 2. The molecule has 25 heavy (non-hydrogen) atoms. The smallest absolute Gasteiger partial charge is 0.254 e. The predicted octanol–water partition coefficient (Wildman–Crippen LogP) is 3.78. The van der Waals surface area contributed by atoms with Crippen molar-refractivity contribution in [3.63, 3.8) is 0 Å². The van der Waals surface area contributed by atoms with Crippen LogP contribution in [0.25, 0.3) is 0 Å². The Morgan fingerprint density at radius 2 is 1.80 bits per heavy atom. The summed E-state index contributed by atoms with van der Waals surface area (Å²) in [5.74, 6) is -0.185. The van der Waals surface area contributed by atoms with E-state index in [1.807, 2.05) is 24.3 Å². The van der Waals surface area contributed by atoms with Crippen LogP contribution in [0.15, 0.2) is 48.5 Å². The van der Waals surface area contributed by atoms with Crippen molar-refractivity contribution in [3.05, 3.63) is 64.7 Å². The van der Waals surface area contributed by atoms with Gasteiger partial charge in [0.1, 0.15) is 6.04 Å².